The SMILES string of the molecule is NCCNCCN(CCCl)CCCl. The third kappa shape index (κ3) is 8.78. The highest BCUT2D eigenvalue weighted by Crippen LogP contribution is 1.90. The van der Waals surface area contributed by atoms with Crippen LogP contribution in [0.5, 0.6) is 0 Å². The van der Waals surface area contributed by atoms with Crippen LogP contribution in [0.15, 0.2) is 0 Å². The third-order valence-corrected chi connectivity index (χ3v) is 2.07. The molecule has 0 radical (unpaired) electrons. The molecule has 0 rings (SSSR count). The summed E-state index contributed by atoms with van der Waals surface area (Å²) in [5.41, 5.74) is 5.34. The summed E-state index contributed by atoms with van der Waals surface area (Å²) in [7, 11) is 0. The van der Waals surface area contributed by atoms with E-state index in [0.29, 0.717) is 18.3 Å². The molecular weight excluding hydrogens is 209 g/mol. The normalized spacial score (nSPS) is 11.1. The molecule has 0 fully saturated rings. The summed E-state index contributed by atoms with van der Waals surface area (Å²) < 4.78 is 0. The van der Waals surface area contributed by atoms with E-state index in [4.69, 9.17) is 28.9 Å². The Kier molecular flexibility index (Phi) is 10.9. The molecule has 13 heavy (non-hydrogen) atoms. The summed E-state index contributed by atoms with van der Waals surface area (Å²) in [6.45, 7) is 5.29. The van der Waals surface area contributed by atoms with E-state index < -0.39 is 0 Å². The van der Waals surface area contributed by atoms with Crippen molar-refractivity contribution in [2.24, 2.45) is 5.73 Å². The first-order chi connectivity index (χ1) is 6.35. The Morgan fingerprint density at radius 1 is 1.00 bits per heavy atom. The zero-order valence-corrected chi connectivity index (χ0v) is 9.45. The van der Waals surface area contributed by atoms with Gasteiger partial charge in [0.15, 0.2) is 0 Å². The summed E-state index contributed by atoms with van der Waals surface area (Å²) in [4.78, 5) is 2.24. The van der Waals surface area contributed by atoms with Gasteiger partial charge in [-0.3, -0.25) is 4.90 Å². The Morgan fingerprint density at radius 2 is 1.62 bits per heavy atom. The van der Waals surface area contributed by atoms with Crippen molar-refractivity contribution in [2.45, 2.75) is 0 Å². The number of hydrogen-bond acceptors (Lipinski definition) is 3. The monoisotopic (exact) mass is 227 g/mol. The lowest BCUT2D eigenvalue weighted by atomic mass is 10.4. The topological polar surface area (TPSA) is 41.3 Å². The van der Waals surface area contributed by atoms with Gasteiger partial charge < -0.3 is 11.1 Å². The minimum absolute atomic E-state index is 0.660. The molecule has 0 bridgehead atoms. The molecular formula is C8H19Cl2N3. The molecule has 0 spiro atoms. The molecule has 0 aromatic carbocycles. The smallest absolute Gasteiger partial charge is 0.0351 e. The first-order valence-electron chi connectivity index (χ1n) is 4.60. The van der Waals surface area contributed by atoms with Gasteiger partial charge >= 0.3 is 0 Å². The maximum absolute atomic E-state index is 5.65. The van der Waals surface area contributed by atoms with Crippen molar-refractivity contribution in [2.75, 3.05) is 51.0 Å². The number of rotatable bonds is 9. The average Bonchev–Trinajstić information content (AvgIpc) is 2.13. The Morgan fingerprint density at radius 3 is 2.08 bits per heavy atom. The highest BCUT2D eigenvalue weighted by Gasteiger charge is 2.01. The van der Waals surface area contributed by atoms with Gasteiger partial charge in [-0.15, -0.1) is 23.2 Å². The summed E-state index contributed by atoms with van der Waals surface area (Å²) >= 11 is 11.3. The minimum atomic E-state index is 0.660. The van der Waals surface area contributed by atoms with Gasteiger partial charge in [-0.1, -0.05) is 0 Å². The Hall–Kier alpha value is 0.460. The first-order valence-corrected chi connectivity index (χ1v) is 5.67. The average molecular weight is 228 g/mol. The van der Waals surface area contributed by atoms with Gasteiger partial charge in [-0.25, -0.2) is 0 Å². The summed E-state index contributed by atoms with van der Waals surface area (Å²) in [5.74, 6) is 1.32. The number of nitrogens with two attached hydrogens (primary N) is 1. The molecule has 0 amide bonds. The van der Waals surface area contributed by atoms with E-state index in [-0.39, 0.29) is 0 Å². The molecule has 0 aliphatic carbocycles. The summed E-state index contributed by atoms with van der Waals surface area (Å²) in [5, 5.41) is 3.23. The second-order valence-corrected chi connectivity index (χ2v) is 3.51. The number of hydrogen-bond donors (Lipinski definition) is 2. The van der Waals surface area contributed by atoms with E-state index in [1.165, 1.54) is 0 Å². The van der Waals surface area contributed by atoms with Crippen molar-refractivity contribution >= 4 is 23.2 Å². The van der Waals surface area contributed by atoms with Crippen LogP contribution in [0.4, 0.5) is 0 Å². The molecule has 0 aromatic rings. The van der Waals surface area contributed by atoms with Crippen molar-refractivity contribution in [3.8, 4) is 0 Å². The largest absolute Gasteiger partial charge is 0.329 e. The van der Waals surface area contributed by atoms with Crippen molar-refractivity contribution < 1.29 is 0 Å². The van der Waals surface area contributed by atoms with Gasteiger partial charge in [0.1, 0.15) is 0 Å². The van der Waals surface area contributed by atoms with Crippen LogP contribution < -0.4 is 11.1 Å². The van der Waals surface area contributed by atoms with Gasteiger partial charge in [0.05, 0.1) is 0 Å². The molecule has 5 heteroatoms. The van der Waals surface area contributed by atoms with Crippen molar-refractivity contribution in [1.29, 1.82) is 0 Å². The van der Waals surface area contributed by atoms with Gasteiger partial charge in [0.25, 0.3) is 0 Å². The second-order valence-electron chi connectivity index (χ2n) is 2.76. The zero-order valence-electron chi connectivity index (χ0n) is 7.94. The predicted molar refractivity (Wildman–Crippen MR) is 59.8 cm³/mol. The Labute approximate surface area is 90.5 Å². The molecule has 0 saturated heterocycles. The van der Waals surface area contributed by atoms with Crippen molar-refractivity contribution in [3.05, 3.63) is 0 Å². The molecule has 0 aliphatic heterocycles. The zero-order chi connectivity index (χ0) is 9.94. The van der Waals surface area contributed by atoms with E-state index in [2.05, 4.69) is 10.2 Å². The lowest BCUT2D eigenvalue weighted by Gasteiger charge is -2.19. The molecule has 80 valence electrons. The van der Waals surface area contributed by atoms with Crippen LogP contribution in [-0.4, -0.2) is 55.9 Å². The number of nitrogens with zero attached hydrogens (tertiary/aromatic N) is 1. The maximum atomic E-state index is 5.65. The standard InChI is InChI=1S/C8H19Cl2N3/c9-1-6-13(7-2-10)8-5-12-4-3-11/h12H,1-8,11H2. The van der Waals surface area contributed by atoms with E-state index in [9.17, 15) is 0 Å². The number of alkyl halides is 2. The van der Waals surface area contributed by atoms with Crippen molar-refractivity contribution in [1.82, 2.24) is 10.2 Å². The van der Waals surface area contributed by atoms with Crippen LogP contribution in [0, 0.1) is 0 Å². The van der Waals surface area contributed by atoms with Gasteiger partial charge in [-0.05, 0) is 0 Å². The van der Waals surface area contributed by atoms with Gasteiger partial charge in [0, 0.05) is 51.0 Å². The second kappa shape index (κ2) is 10.5. The first kappa shape index (κ1) is 13.5. The Bertz CT molecular complexity index is 97.4. The van der Waals surface area contributed by atoms with E-state index >= 15 is 0 Å². The molecule has 3 N–H and O–H groups in total. The maximum Gasteiger partial charge on any atom is 0.0351 e. The Balaban J connectivity index is 3.33. The fourth-order valence-corrected chi connectivity index (χ4v) is 1.52. The van der Waals surface area contributed by atoms with E-state index in [1.807, 2.05) is 0 Å². The number of nitrogens with one attached hydrogen (secondary N) is 1. The molecule has 0 aliphatic rings. The highest BCUT2D eigenvalue weighted by atomic mass is 35.5. The summed E-state index contributed by atoms with van der Waals surface area (Å²) in [6, 6.07) is 0. The van der Waals surface area contributed by atoms with Crippen LogP contribution in [0.1, 0.15) is 0 Å². The summed E-state index contributed by atoms with van der Waals surface area (Å²) in [6.07, 6.45) is 0. The van der Waals surface area contributed by atoms with Gasteiger partial charge in [0.2, 0.25) is 0 Å². The van der Waals surface area contributed by atoms with Crippen LogP contribution in [-0.2, 0) is 0 Å². The molecule has 3 nitrogen and oxygen atoms in total. The molecule has 0 unspecified atom stereocenters. The van der Waals surface area contributed by atoms with Gasteiger partial charge in [-0.2, -0.15) is 0 Å². The fourth-order valence-electron chi connectivity index (χ4n) is 1.04. The van der Waals surface area contributed by atoms with Crippen LogP contribution in [0.3, 0.4) is 0 Å². The molecule has 0 saturated carbocycles. The highest BCUT2D eigenvalue weighted by molar-refractivity contribution is 6.18. The lowest BCUT2D eigenvalue weighted by molar-refractivity contribution is 0.306. The van der Waals surface area contributed by atoms with E-state index in [0.717, 1.165) is 32.7 Å². The van der Waals surface area contributed by atoms with Crippen LogP contribution >= 0.6 is 23.2 Å². The lowest BCUT2D eigenvalue weighted by Crippen LogP contribution is -2.36. The van der Waals surface area contributed by atoms with Crippen LogP contribution in [0.25, 0.3) is 0 Å². The van der Waals surface area contributed by atoms with E-state index in [1.54, 1.807) is 0 Å². The predicted octanol–water partition coefficient (Wildman–Crippen LogP) is 0.314. The number of halogens is 2. The third-order valence-electron chi connectivity index (χ3n) is 1.73. The minimum Gasteiger partial charge on any atom is -0.329 e. The van der Waals surface area contributed by atoms with Crippen LogP contribution in [0.2, 0.25) is 0 Å². The molecule has 0 aromatic heterocycles. The molecule has 0 atom stereocenters. The molecule has 0 heterocycles. The quantitative estimate of drug-likeness (QED) is 0.441. The fraction of sp³-hybridized carbons (Fsp3) is 1.00. The van der Waals surface area contributed by atoms with Crippen molar-refractivity contribution in [3.63, 3.8) is 0 Å².